The van der Waals surface area contributed by atoms with E-state index in [9.17, 15) is 0 Å². The molecular formula is C12H23N. The normalized spacial score (nSPS) is 48.0. The first kappa shape index (κ1) is 9.51. The molecule has 0 amide bonds. The third-order valence-electron chi connectivity index (χ3n) is 5.04. The zero-order valence-corrected chi connectivity index (χ0v) is 9.27. The monoisotopic (exact) mass is 181 g/mol. The number of rotatable bonds is 1. The fourth-order valence-electron chi connectivity index (χ4n) is 3.63. The van der Waals surface area contributed by atoms with Crippen LogP contribution < -0.4 is 5.73 Å². The van der Waals surface area contributed by atoms with Crippen molar-refractivity contribution in [3.05, 3.63) is 0 Å². The van der Waals surface area contributed by atoms with E-state index >= 15 is 0 Å². The molecule has 0 aromatic carbocycles. The molecule has 1 nitrogen and oxygen atoms in total. The van der Waals surface area contributed by atoms with E-state index in [0.717, 1.165) is 5.92 Å². The third-order valence-corrected chi connectivity index (χ3v) is 5.04. The minimum atomic E-state index is 0.431. The molecule has 2 N–H and O–H groups in total. The summed E-state index contributed by atoms with van der Waals surface area (Å²) in [7, 11) is 0. The van der Waals surface area contributed by atoms with Gasteiger partial charge in [0.05, 0.1) is 0 Å². The van der Waals surface area contributed by atoms with E-state index in [1.54, 1.807) is 0 Å². The van der Waals surface area contributed by atoms with Gasteiger partial charge in [0.25, 0.3) is 0 Å². The van der Waals surface area contributed by atoms with E-state index in [0.29, 0.717) is 16.9 Å². The van der Waals surface area contributed by atoms with Crippen LogP contribution in [0.3, 0.4) is 0 Å². The highest BCUT2D eigenvalue weighted by Gasteiger charge is 2.69. The van der Waals surface area contributed by atoms with Crippen molar-refractivity contribution in [3.8, 4) is 0 Å². The number of hydrogen-bond donors (Lipinski definition) is 1. The molecule has 1 heteroatoms. The Kier molecular flexibility index (Phi) is 1.99. The smallest absolute Gasteiger partial charge is 0.0159 e. The van der Waals surface area contributed by atoms with Crippen LogP contribution in [-0.2, 0) is 0 Å². The summed E-state index contributed by atoms with van der Waals surface area (Å²) >= 11 is 0. The number of hydrogen-bond acceptors (Lipinski definition) is 1. The molecule has 3 unspecified atom stereocenters. The van der Waals surface area contributed by atoms with Crippen LogP contribution in [0.4, 0.5) is 0 Å². The molecule has 3 atom stereocenters. The van der Waals surface area contributed by atoms with Gasteiger partial charge in [0, 0.05) is 6.04 Å². The van der Waals surface area contributed by atoms with Crippen LogP contribution in [0.15, 0.2) is 0 Å². The van der Waals surface area contributed by atoms with Gasteiger partial charge in [0.15, 0.2) is 0 Å². The summed E-state index contributed by atoms with van der Waals surface area (Å²) in [6.07, 6.45) is 7.00. The Morgan fingerprint density at radius 2 is 2.00 bits per heavy atom. The predicted molar refractivity (Wildman–Crippen MR) is 56.4 cm³/mol. The van der Waals surface area contributed by atoms with E-state index in [-0.39, 0.29) is 0 Å². The van der Waals surface area contributed by atoms with Crippen LogP contribution in [-0.4, -0.2) is 6.04 Å². The van der Waals surface area contributed by atoms with Crippen LogP contribution in [0.25, 0.3) is 0 Å². The molecule has 2 aliphatic rings. The highest BCUT2D eigenvalue weighted by atomic mass is 14.9. The van der Waals surface area contributed by atoms with Gasteiger partial charge >= 0.3 is 0 Å². The second-order valence-corrected chi connectivity index (χ2v) is 5.73. The standard InChI is InChI=1S/C12H23N/c1-4-9-6-5-7-12(8-9)10(13)11(12,2)3/h9-10H,4-8,13H2,1-3H3. The first-order valence-electron chi connectivity index (χ1n) is 5.80. The van der Waals surface area contributed by atoms with Crippen LogP contribution in [0, 0.1) is 16.7 Å². The summed E-state index contributed by atoms with van der Waals surface area (Å²) in [6, 6.07) is 0.481. The Balaban J connectivity index is 2.09. The van der Waals surface area contributed by atoms with E-state index in [2.05, 4.69) is 20.8 Å². The molecule has 0 radical (unpaired) electrons. The average molecular weight is 181 g/mol. The molecule has 2 saturated carbocycles. The van der Waals surface area contributed by atoms with Gasteiger partial charge < -0.3 is 5.73 Å². The molecule has 0 aromatic rings. The lowest BCUT2D eigenvalue weighted by Gasteiger charge is -2.31. The molecule has 2 aliphatic carbocycles. The molecule has 2 rings (SSSR count). The molecule has 2 fully saturated rings. The van der Waals surface area contributed by atoms with Crippen molar-refractivity contribution >= 4 is 0 Å². The summed E-state index contributed by atoms with van der Waals surface area (Å²) in [5, 5.41) is 0. The minimum Gasteiger partial charge on any atom is -0.327 e. The van der Waals surface area contributed by atoms with Crippen molar-refractivity contribution in [2.24, 2.45) is 22.5 Å². The van der Waals surface area contributed by atoms with Gasteiger partial charge in [-0.05, 0) is 29.6 Å². The van der Waals surface area contributed by atoms with Crippen LogP contribution in [0.1, 0.15) is 52.9 Å². The van der Waals surface area contributed by atoms with Gasteiger partial charge in [-0.3, -0.25) is 0 Å². The fraction of sp³-hybridized carbons (Fsp3) is 1.00. The Hall–Kier alpha value is -0.0400. The van der Waals surface area contributed by atoms with Crippen LogP contribution in [0.2, 0.25) is 0 Å². The van der Waals surface area contributed by atoms with Crippen LogP contribution >= 0.6 is 0 Å². The molecule has 1 spiro atoms. The van der Waals surface area contributed by atoms with E-state index in [1.165, 1.54) is 32.1 Å². The zero-order valence-electron chi connectivity index (χ0n) is 9.27. The SMILES string of the molecule is CCC1CCCC2(C1)C(N)C2(C)C. The maximum Gasteiger partial charge on any atom is 0.0159 e. The fourth-order valence-corrected chi connectivity index (χ4v) is 3.63. The number of nitrogens with two attached hydrogens (primary N) is 1. The van der Waals surface area contributed by atoms with E-state index in [4.69, 9.17) is 5.73 Å². The quantitative estimate of drug-likeness (QED) is 0.661. The van der Waals surface area contributed by atoms with Crippen molar-refractivity contribution in [1.82, 2.24) is 0 Å². The summed E-state index contributed by atoms with van der Waals surface area (Å²) in [5.74, 6) is 0.960. The van der Waals surface area contributed by atoms with Gasteiger partial charge in [-0.25, -0.2) is 0 Å². The van der Waals surface area contributed by atoms with Gasteiger partial charge in [-0.15, -0.1) is 0 Å². The summed E-state index contributed by atoms with van der Waals surface area (Å²) in [6.45, 7) is 7.04. The molecule has 0 bridgehead atoms. The Labute approximate surface area is 82.1 Å². The topological polar surface area (TPSA) is 26.0 Å². The third kappa shape index (κ3) is 1.09. The molecule has 0 saturated heterocycles. The first-order valence-corrected chi connectivity index (χ1v) is 5.80. The van der Waals surface area contributed by atoms with Crippen molar-refractivity contribution in [1.29, 1.82) is 0 Å². The summed E-state index contributed by atoms with van der Waals surface area (Å²) in [4.78, 5) is 0. The molecule has 0 aromatic heterocycles. The lowest BCUT2D eigenvalue weighted by Crippen LogP contribution is -2.23. The van der Waals surface area contributed by atoms with Crippen molar-refractivity contribution in [2.45, 2.75) is 58.9 Å². The molecular weight excluding hydrogens is 158 g/mol. The van der Waals surface area contributed by atoms with Gasteiger partial charge in [0.2, 0.25) is 0 Å². The lowest BCUT2D eigenvalue weighted by atomic mass is 9.74. The molecule has 76 valence electrons. The van der Waals surface area contributed by atoms with Crippen molar-refractivity contribution in [3.63, 3.8) is 0 Å². The van der Waals surface area contributed by atoms with Crippen molar-refractivity contribution < 1.29 is 0 Å². The van der Waals surface area contributed by atoms with E-state index < -0.39 is 0 Å². The van der Waals surface area contributed by atoms with Crippen LogP contribution in [0.5, 0.6) is 0 Å². The highest BCUT2D eigenvalue weighted by molar-refractivity contribution is 5.21. The largest absolute Gasteiger partial charge is 0.327 e. The Bertz CT molecular complexity index is 209. The van der Waals surface area contributed by atoms with Gasteiger partial charge in [-0.2, -0.15) is 0 Å². The van der Waals surface area contributed by atoms with E-state index in [1.807, 2.05) is 0 Å². The van der Waals surface area contributed by atoms with Gasteiger partial charge in [-0.1, -0.05) is 40.0 Å². The second kappa shape index (κ2) is 2.73. The highest BCUT2D eigenvalue weighted by Crippen LogP contribution is 2.69. The average Bonchev–Trinajstić information content (AvgIpc) is 2.52. The Morgan fingerprint density at radius 1 is 1.38 bits per heavy atom. The maximum absolute atomic E-state index is 6.23. The second-order valence-electron chi connectivity index (χ2n) is 5.73. The minimum absolute atomic E-state index is 0.431. The summed E-state index contributed by atoms with van der Waals surface area (Å²) < 4.78 is 0. The van der Waals surface area contributed by atoms with Crippen molar-refractivity contribution in [2.75, 3.05) is 0 Å². The molecule has 13 heavy (non-hydrogen) atoms. The van der Waals surface area contributed by atoms with Gasteiger partial charge in [0.1, 0.15) is 0 Å². The predicted octanol–water partition coefficient (Wildman–Crippen LogP) is 2.94. The Morgan fingerprint density at radius 3 is 2.46 bits per heavy atom. The summed E-state index contributed by atoms with van der Waals surface area (Å²) in [5.41, 5.74) is 7.19. The molecule has 0 heterocycles. The zero-order chi connectivity index (χ0) is 9.69. The molecule has 0 aliphatic heterocycles. The lowest BCUT2D eigenvalue weighted by molar-refractivity contribution is 0.198. The first-order chi connectivity index (χ1) is 6.04. The maximum atomic E-state index is 6.23.